The predicted molar refractivity (Wildman–Crippen MR) is 107 cm³/mol. The minimum atomic E-state index is -0.144. The van der Waals surface area contributed by atoms with E-state index in [9.17, 15) is 5.11 Å². The average Bonchev–Trinajstić information content (AvgIpc) is 2.88. The number of aromatic hydroxyl groups is 1. The van der Waals surface area contributed by atoms with Crippen LogP contribution in [0.15, 0.2) is 34.2 Å². The third kappa shape index (κ3) is 3.58. The summed E-state index contributed by atoms with van der Waals surface area (Å²) < 4.78 is 1.80. The van der Waals surface area contributed by atoms with Crippen molar-refractivity contribution >= 4 is 22.9 Å². The lowest BCUT2D eigenvalue weighted by atomic mass is 9.79. The highest BCUT2D eigenvalue weighted by atomic mass is 32.2. The number of aromatic nitrogens is 3. The van der Waals surface area contributed by atoms with E-state index in [1.807, 2.05) is 19.2 Å². The second-order valence-electron chi connectivity index (χ2n) is 8.73. The number of imidazole rings is 1. The maximum atomic E-state index is 10.9. The maximum Gasteiger partial charge on any atom is 0.178 e. The molecule has 2 heterocycles. The monoisotopic (exact) mass is 368 g/mol. The van der Waals surface area contributed by atoms with Crippen molar-refractivity contribution in [3.05, 3.63) is 41.7 Å². The molecule has 3 rings (SSSR count). The van der Waals surface area contributed by atoms with Crippen molar-refractivity contribution in [3.8, 4) is 5.75 Å². The molecule has 0 bridgehead atoms. The summed E-state index contributed by atoms with van der Waals surface area (Å²) in [6.07, 6.45) is 2.90. The summed E-state index contributed by atoms with van der Waals surface area (Å²) in [6, 6.07) is 8.11. The zero-order valence-corrected chi connectivity index (χ0v) is 17.3. The molecule has 0 fully saturated rings. The Morgan fingerprint density at radius 1 is 1.00 bits per heavy atom. The molecule has 1 radical (unpaired) electrons. The number of rotatable bonds is 2. The molecule has 26 heavy (non-hydrogen) atoms. The Balaban J connectivity index is 2.09. The van der Waals surface area contributed by atoms with Crippen molar-refractivity contribution < 1.29 is 5.11 Å². The minimum Gasteiger partial charge on any atom is -0.507 e. The van der Waals surface area contributed by atoms with Gasteiger partial charge in [-0.2, -0.15) is 0 Å². The van der Waals surface area contributed by atoms with Crippen molar-refractivity contribution in [2.24, 2.45) is 7.05 Å². The van der Waals surface area contributed by atoms with E-state index in [1.54, 1.807) is 16.3 Å². The van der Waals surface area contributed by atoms with Gasteiger partial charge in [0.15, 0.2) is 12.0 Å². The van der Waals surface area contributed by atoms with Crippen LogP contribution in [0.5, 0.6) is 5.75 Å². The fourth-order valence-corrected chi connectivity index (χ4v) is 3.79. The van der Waals surface area contributed by atoms with Gasteiger partial charge in [-0.3, -0.25) is 0 Å². The van der Waals surface area contributed by atoms with Crippen LogP contribution >= 0.6 is 11.8 Å². The van der Waals surface area contributed by atoms with E-state index in [0.717, 1.165) is 32.2 Å². The van der Waals surface area contributed by atoms with Gasteiger partial charge < -0.3 is 9.67 Å². The van der Waals surface area contributed by atoms with Crippen LogP contribution in [0.4, 0.5) is 0 Å². The van der Waals surface area contributed by atoms with E-state index in [1.165, 1.54) is 0 Å². The Kier molecular flexibility index (Phi) is 4.55. The van der Waals surface area contributed by atoms with Crippen LogP contribution in [-0.4, -0.2) is 19.6 Å². The molecule has 0 atom stereocenters. The van der Waals surface area contributed by atoms with E-state index >= 15 is 0 Å². The number of fused-ring (bicyclic) bond motifs is 1. The van der Waals surface area contributed by atoms with Crippen LogP contribution < -0.4 is 0 Å². The van der Waals surface area contributed by atoms with Gasteiger partial charge in [0, 0.05) is 23.1 Å². The smallest absolute Gasteiger partial charge is 0.178 e. The molecule has 0 spiro atoms. The summed E-state index contributed by atoms with van der Waals surface area (Å²) in [5.74, 6) is 0.402. The second-order valence-corrected chi connectivity index (χ2v) is 9.83. The lowest BCUT2D eigenvalue weighted by Gasteiger charge is -2.28. The molecular weight excluding hydrogens is 342 g/mol. The van der Waals surface area contributed by atoms with Gasteiger partial charge in [0.2, 0.25) is 0 Å². The fraction of sp³-hybridized carbons (Fsp3) is 0.429. The lowest BCUT2D eigenvalue weighted by molar-refractivity contribution is 0.422. The van der Waals surface area contributed by atoms with Gasteiger partial charge in [-0.05, 0) is 35.1 Å². The Labute approximate surface area is 159 Å². The highest BCUT2D eigenvalue weighted by Gasteiger charge is 2.26. The summed E-state index contributed by atoms with van der Waals surface area (Å²) in [5.41, 5.74) is 3.29. The van der Waals surface area contributed by atoms with E-state index in [2.05, 4.69) is 65.0 Å². The highest BCUT2D eigenvalue weighted by Crippen LogP contribution is 2.42. The number of hydrogen-bond acceptors (Lipinski definition) is 4. The Morgan fingerprint density at radius 3 is 2.12 bits per heavy atom. The van der Waals surface area contributed by atoms with Crippen LogP contribution in [-0.2, 0) is 17.9 Å². The summed E-state index contributed by atoms with van der Waals surface area (Å²) in [6.45, 7) is 12.7. The van der Waals surface area contributed by atoms with Gasteiger partial charge in [-0.1, -0.05) is 53.3 Å². The number of aryl methyl sites for hydroxylation is 1. The SMILES string of the molecule is Cn1[c]nc2ccc(Sc3cc(C(C)(C)C)c(O)c(C(C)(C)C)c3)nc21. The van der Waals surface area contributed by atoms with Gasteiger partial charge in [-0.15, -0.1) is 0 Å². The van der Waals surface area contributed by atoms with Crippen LogP contribution in [0.25, 0.3) is 11.2 Å². The van der Waals surface area contributed by atoms with Crippen LogP contribution in [0, 0.1) is 6.33 Å². The molecule has 2 aromatic heterocycles. The quantitative estimate of drug-likeness (QED) is 0.674. The van der Waals surface area contributed by atoms with Crippen molar-refractivity contribution in [2.45, 2.75) is 62.3 Å². The minimum absolute atomic E-state index is 0.144. The molecule has 0 saturated carbocycles. The Morgan fingerprint density at radius 2 is 1.58 bits per heavy atom. The van der Waals surface area contributed by atoms with E-state index in [0.29, 0.717) is 5.75 Å². The molecule has 3 aromatic rings. The van der Waals surface area contributed by atoms with Crippen molar-refractivity contribution in [1.82, 2.24) is 14.5 Å². The Bertz CT molecular complexity index is 927. The summed E-state index contributed by atoms with van der Waals surface area (Å²) in [4.78, 5) is 9.99. The van der Waals surface area contributed by atoms with Gasteiger partial charge in [0.05, 0.1) is 0 Å². The molecule has 0 unspecified atom stereocenters. The van der Waals surface area contributed by atoms with Crippen molar-refractivity contribution in [1.29, 1.82) is 0 Å². The standard InChI is InChI=1S/C21H26N3OS/c1-20(2,3)14-10-13(11-15(18(14)25)21(4,5)6)26-17-9-8-16-19(23-17)24(7)12-22-16/h8-11,25H,1-7H3. The van der Waals surface area contributed by atoms with Gasteiger partial charge in [0.25, 0.3) is 0 Å². The van der Waals surface area contributed by atoms with Crippen LogP contribution in [0.2, 0.25) is 0 Å². The normalized spacial score (nSPS) is 12.7. The number of benzene rings is 1. The zero-order chi connectivity index (χ0) is 19.3. The number of phenols is 1. The fourth-order valence-electron chi connectivity index (χ4n) is 2.92. The first-order valence-electron chi connectivity index (χ1n) is 8.74. The van der Waals surface area contributed by atoms with Crippen LogP contribution in [0.3, 0.4) is 0 Å². The third-order valence-electron chi connectivity index (χ3n) is 4.39. The number of hydrogen-bond donors (Lipinski definition) is 1. The van der Waals surface area contributed by atoms with Crippen molar-refractivity contribution in [3.63, 3.8) is 0 Å². The molecule has 0 saturated heterocycles. The molecule has 1 N–H and O–H groups in total. The molecule has 4 nitrogen and oxygen atoms in total. The van der Waals surface area contributed by atoms with Crippen LogP contribution in [0.1, 0.15) is 52.7 Å². The van der Waals surface area contributed by atoms with E-state index in [4.69, 9.17) is 4.98 Å². The largest absolute Gasteiger partial charge is 0.507 e. The first-order chi connectivity index (χ1) is 12.0. The van der Waals surface area contributed by atoms with Gasteiger partial charge in [-0.25, -0.2) is 9.97 Å². The molecule has 0 aliphatic heterocycles. The average molecular weight is 369 g/mol. The first kappa shape index (κ1) is 18.8. The number of nitrogens with zero attached hydrogens (tertiary/aromatic N) is 3. The first-order valence-corrected chi connectivity index (χ1v) is 9.55. The molecule has 0 aliphatic carbocycles. The number of phenolic OH excluding ortho intramolecular Hbond substituents is 1. The topological polar surface area (TPSA) is 50.9 Å². The zero-order valence-electron chi connectivity index (χ0n) is 16.5. The van der Waals surface area contributed by atoms with Gasteiger partial charge >= 0.3 is 0 Å². The second kappa shape index (κ2) is 6.31. The van der Waals surface area contributed by atoms with Gasteiger partial charge in [0.1, 0.15) is 16.3 Å². The van der Waals surface area contributed by atoms with E-state index in [-0.39, 0.29) is 10.8 Å². The lowest BCUT2D eigenvalue weighted by Crippen LogP contribution is -2.17. The molecule has 137 valence electrons. The van der Waals surface area contributed by atoms with Crippen molar-refractivity contribution in [2.75, 3.05) is 0 Å². The Hall–Kier alpha value is -2.01. The molecular formula is C21H26N3OS. The summed E-state index contributed by atoms with van der Waals surface area (Å²) in [5, 5.41) is 11.8. The molecule has 5 heteroatoms. The van der Waals surface area contributed by atoms with E-state index < -0.39 is 0 Å². The highest BCUT2D eigenvalue weighted by molar-refractivity contribution is 7.99. The maximum absolute atomic E-state index is 10.9. The summed E-state index contributed by atoms with van der Waals surface area (Å²) >= 11 is 1.61. The molecule has 0 aliphatic rings. The number of pyridine rings is 1. The molecule has 1 aromatic carbocycles. The predicted octanol–water partition coefficient (Wildman–Crippen LogP) is 5.22. The summed E-state index contributed by atoms with van der Waals surface area (Å²) in [7, 11) is 1.90. The third-order valence-corrected chi connectivity index (χ3v) is 5.30. The molecule has 0 amide bonds.